The number of pyridine rings is 1. The lowest BCUT2D eigenvalue weighted by Gasteiger charge is -2.19. The van der Waals surface area contributed by atoms with Crippen LogP contribution in [0.25, 0.3) is 0 Å². The molecular formula is C20H36IN5O2. The van der Waals surface area contributed by atoms with E-state index in [1.165, 1.54) is 0 Å². The maximum atomic E-state index is 5.72. The van der Waals surface area contributed by atoms with Crippen molar-refractivity contribution >= 4 is 35.8 Å². The Morgan fingerprint density at radius 2 is 2.14 bits per heavy atom. The second-order valence-electron chi connectivity index (χ2n) is 6.71. The van der Waals surface area contributed by atoms with Crippen LogP contribution in [0.5, 0.6) is 0 Å². The summed E-state index contributed by atoms with van der Waals surface area (Å²) in [6, 6.07) is 4.19. The largest absolute Gasteiger partial charge is 0.381 e. The minimum absolute atomic E-state index is 0. The second-order valence-corrected chi connectivity index (χ2v) is 6.71. The number of rotatable bonds is 11. The smallest absolute Gasteiger partial charge is 0.191 e. The monoisotopic (exact) mass is 505 g/mol. The second kappa shape index (κ2) is 14.8. The van der Waals surface area contributed by atoms with E-state index in [4.69, 9.17) is 9.47 Å². The fraction of sp³-hybridized carbons (Fsp3) is 0.700. The molecule has 0 aromatic carbocycles. The molecule has 0 amide bonds. The molecule has 0 bridgehead atoms. The number of hydrogen-bond acceptors (Lipinski definition) is 5. The third kappa shape index (κ3) is 8.91. The first-order valence-corrected chi connectivity index (χ1v) is 10.1. The van der Waals surface area contributed by atoms with Crippen molar-refractivity contribution in [3.63, 3.8) is 0 Å². The fourth-order valence-electron chi connectivity index (χ4n) is 3.01. The van der Waals surface area contributed by atoms with E-state index in [9.17, 15) is 0 Å². The van der Waals surface area contributed by atoms with Crippen molar-refractivity contribution in [3.8, 4) is 0 Å². The standard InChI is InChI=1S/C20H35N5O2.HI/c1-4-25(5-2)19-8-7-17(13-23-19)14-24-20(21-3)22-10-6-11-26-15-18-9-12-27-16-18;/h7-8,13,18H,4-6,9-12,14-16H2,1-3H3,(H2,21,22,24);1H. The van der Waals surface area contributed by atoms with E-state index in [-0.39, 0.29) is 24.0 Å². The number of aromatic nitrogens is 1. The lowest BCUT2D eigenvalue weighted by molar-refractivity contribution is 0.0888. The first-order valence-electron chi connectivity index (χ1n) is 10.1. The molecule has 1 fully saturated rings. The van der Waals surface area contributed by atoms with Crippen LogP contribution in [0.4, 0.5) is 5.82 Å². The molecule has 2 heterocycles. The van der Waals surface area contributed by atoms with Gasteiger partial charge >= 0.3 is 0 Å². The zero-order chi connectivity index (χ0) is 19.3. The normalized spacial score (nSPS) is 16.5. The van der Waals surface area contributed by atoms with Crippen LogP contribution in [0, 0.1) is 5.92 Å². The van der Waals surface area contributed by atoms with Gasteiger partial charge in [-0.05, 0) is 38.3 Å². The van der Waals surface area contributed by atoms with Gasteiger partial charge in [-0.1, -0.05) is 6.07 Å². The summed E-state index contributed by atoms with van der Waals surface area (Å²) in [7, 11) is 1.79. The van der Waals surface area contributed by atoms with E-state index in [0.29, 0.717) is 12.5 Å². The Kier molecular flexibility index (Phi) is 13.2. The minimum Gasteiger partial charge on any atom is -0.381 e. The first kappa shape index (κ1) is 24.9. The van der Waals surface area contributed by atoms with Crippen molar-refractivity contribution in [1.29, 1.82) is 0 Å². The number of nitrogens with one attached hydrogen (secondary N) is 2. The summed E-state index contributed by atoms with van der Waals surface area (Å²) in [5, 5.41) is 6.65. The Labute approximate surface area is 186 Å². The van der Waals surface area contributed by atoms with Crippen molar-refractivity contribution in [2.75, 3.05) is 58.0 Å². The highest BCUT2D eigenvalue weighted by Gasteiger charge is 2.15. The maximum Gasteiger partial charge on any atom is 0.191 e. The highest BCUT2D eigenvalue weighted by Crippen LogP contribution is 2.12. The van der Waals surface area contributed by atoms with Crippen LogP contribution in [0.2, 0.25) is 0 Å². The van der Waals surface area contributed by atoms with Gasteiger partial charge in [-0.15, -0.1) is 24.0 Å². The summed E-state index contributed by atoms with van der Waals surface area (Å²) in [6.07, 6.45) is 4.00. The molecular weight excluding hydrogens is 469 g/mol. The molecule has 0 saturated carbocycles. The van der Waals surface area contributed by atoms with Gasteiger partial charge in [0.1, 0.15) is 5.82 Å². The van der Waals surface area contributed by atoms with Crippen molar-refractivity contribution in [2.24, 2.45) is 10.9 Å². The van der Waals surface area contributed by atoms with Crippen LogP contribution in [-0.4, -0.2) is 64.1 Å². The highest BCUT2D eigenvalue weighted by atomic mass is 127. The summed E-state index contributed by atoms with van der Waals surface area (Å²) < 4.78 is 11.1. The lowest BCUT2D eigenvalue weighted by Crippen LogP contribution is -2.37. The fourth-order valence-corrected chi connectivity index (χ4v) is 3.01. The van der Waals surface area contributed by atoms with Gasteiger partial charge in [0.25, 0.3) is 0 Å². The SMILES string of the molecule is CCN(CC)c1ccc(CNC(=NC)NCCCOCC2CCOC2)cn1.I. The van der Waals surface area contributed by atoms with Gasteiger partial charge in [-0.25, -0.2) is 4.98 Å². The van der Waals surface area contributed by atoms with E-state index in [1.807, 2.05) is 6.20 Å². The molecule has 0 spiro atoms. The van der Waals surface area contributed by atoms with Crippen LogP contribution < -0.4 is 15.5 Å². The van der Waals surface area contributed by atoms with Gasteiger partial charge in [-0.3, -0.25) is 4.99 Å². The topological polar surface area (TPSA) is 71.0 Å². The van der Waals surface area contributed by atoms with Crippen LogP contribution in [-0.2, 0) is 16.0 Å². The van der Waals surface area contributed by atoms with Crippen LogP contribution in [0.1, 0.15) is 32.3 Å². The average molecular weight is 505 g/mol. The van der Waals surface area contributed by atoms with Gasteiger partial charge in [0, 0.05) is 58.6 Å². The zero-order valence-electron chi connectivity index (χ0n) is 17.4. The molecule has 2 rings (SSSR count). The van der Waals surface area contributed by atoms with Crippen LogP contribution >= 0.6 is 24.0 Å². The zero-order valence-corrected chi connectivity index (χ0v) is 19.8. The summed E-state index contributed by atoms with van der Waals surface area (Å²) >= 11 is 0. The molecule has 1 aliphatic rings. The highest BCUT2D eigenvalue weighted by molar-refractivity contribution is 14.0. The molecule has 1 aliphatic heterocycles. The lowest BCUT2D eigenvalue weighted by atomic mass is 10.1. The minimum atomic E-state index is 0. The quantitative estimate of drug-likeness (QED) is 0.209. The molecule has 1 aromatic heterocycles. The number of hydrogen-bond donors (Lipinski definition) is 2. The van der Waals surface area contributed by atoms with Crippen molar-refractivity contribution in [1.82, 2.24) is 15.6 Å². The average Bonchev–Trinajstić information content (AvgIpc) is 3.22. The number of guanidine groups is 1. The van der Waals surface area contributed by atoms with E-state index >= 15 is 0 Å². The van der Waals surface area contributed by atoms with Crippen LogP contribution in [0.15, 0.2) is 23.3 Å². The molecule has 8 heteroatoms. The van der Waals surface area contributed by atoms with E-state index in [2.05, 4.69) is 51.5 Å². The number of nitrogens with zero attached hydrogens (tertiary/aromatic N) is 3. The van der Waals surface area contributed by atoms with E-state index < -0.39 is 0 Å². The molecule has 2 N–H and O–H groups in total. The van der Waals surface area contributed by atoms with Gasteiger partial charge < -0.3 is 25.0 Å². The van der Waals surface area contributed by atoms with Crippen molar-refractivity contribution in [3.05, 3.63) is 23.9 Å². The third-order valence-corrected chi connectivity index (χ3v) is 4.72. The molecule has 7 nitrogen and oxygen atoms in total. The van der Waals surface area contributed by atoms with Gasteiger partial charge in [-0.2, -0.15) is 0 Å². The van der Waals surface area contributed by atoms with Crippen LogP contribution in [0.3, 0.4) is 0 Å². The number of aliphatic imine (C=N–C) groups is 1. The first-order chi connectivity index (χ1) is 13.3. The molecule has 1 saturated heterocycles. The van der Waals surface area contributed by atoms with Gasteiger partial charge in [0.2, 0.25) is 0 Å². The predicted octanol–water partition coefficient (Wildman–Crippen LogP) is 2.65. The Morgan fingerprint density at radius 3 is 2.75 bits per heavy atom. The van der Waals surface area contributed by atoms with Gasteiger partial charge in [0.05, 0.1) is 13.2 Å². The van der Waals surface area contributed by atoms with Gasteiger partial charge in [0.15, 0.2) is 5.96 Å². The Hall–Kier alpha value is -1.13. The predicted molar refractivity (Wildman–Crippen MR) is 126 cm³/mol. The maximum absolute atomic E-state index is 5.72. The van der Waals surface area contributed by atoms with Crippen molar-refractivity contribution in [2.45, 2.75) is 33.2 Å². The number of ether oxygens (including phenoxy) is 2. The number of halogens is 1. The molecule has 0 aliphatic carbocycles. The summed E-state index contributed by atoms with van der Waals surface area (Å²) in [6.45, 7) is 11.1. The number of anilines is 1. The molecule has 1 aromatic rings. The molecule has 1 unspecified atom stereocenters. The van der Waals surface area contributed by atoms with E-state index in [0.717, 1.165) is 76.2 Å². The summed E-state index contributed by atoms with van der Waals surface area (Å²) in [5.41, 5.74) is 1.14. The van der Waals surface area contributed by atoms with E-state index in [1.54, 1.807) is 7.05 Å². The third-order valence-electron chi connectivity index (χ3n) is 4.72. The Morgan fingerprint density at radius 1 is 1.32 bits per heavy atom. The Balaban J connectivity index is 0.00000392. The molecule has 0 radical (unpaired) electrons. The summed E-state index contributed by atoms with van der Waals surface area (Å²) in [4.78, 5) is 11.1. The molecule has 1 atom stereocenters. The molecule has 160 valence electrons. The summed E-state index contributed by atoms with van der Waals surface area (Å²) in [5.74, 6) is 2.40. The Bertz CT molecular complexity index is 546. The van der Waals surface area contributed by atoms with Crippen molar-refractivity contribution < 1.29 is 9.47 Å². The molecule has 28 heavy (non-hydrogen) atoms.